The smallest absolute Gasteiger partial charge is 0.257 e. The van der Waals surface area contributed by atoms with Crippen LogP contribution in [0.2, 0.25) is 10.0 Å². The molecular formula is C13H7Cl2F3N2O. The molecule has 110 valence electrons. The third-order valence-electron chi connectivity index (χ3n) is 2.58. The number of carbonyl (C=O) groups excluding carboxylic acids is 1. The van der Waals surface area contributed by atoms with Crippen LogP contribution in [0.1, 0.15) is 16.1 Å². The zero-order chi connectivity index (χ0) is 15.7. The Kier molecular flexibility index (Phi) is 4.39. The molecule has 0 atom stereocenters. The van der Waals surface area contributed by atoms with E-state index in [1.165, 1.54) is 6.07 Å². The molecule has 0 aliphatic heterocycles. The first-order valence-corrected chi connectivity index (χ1v) is 6.33. The van der Waals surface area contributed by atoms with Crippen LogP contribution in [0.5, 0.6) is 0 Å². The Hall–Kier alpha value is -1.79. The largest absolute Gasteiger partial charge is 0.305 e. The topological polar surface area (TPSA) is 42.0 Å². The Bertz CT molecular complexity index is 715. The number of rotatable bonds is 2. The molecule has 21 heavy (non-hydrogen) atoms. The average Bonchev–Trinajstić information content (AvgIpc) is 2.41. The van der Waals surface area contributed by atoms with E-state index in [1.807, 2.05) is 0 Å². The second kappa shape index (κ2) is 5.91. The van der Waals surface area contributed by atoms with E-state index in [1.54, 1.807) is 6.92 Å². The number of carbonyl (C=O) groups is 1. The Morgan fingerprint density at radius 2 is 1.67 bits per heavy atom. The predicted molar refractivity (Wildman–Crippen MR) is 73.3 cm³/mol. The number of anilines is 1. The van der Waals surface area contributed by atoms with Gasteiger partial charge < -0.3 is 5.32 Å². The molecule has 0 spiro atoms. The fourth-order valence-electron chi connectivity index (χ4n) is 1.51. The van der Waals surface area contributed by atoms with Gasteiger partial charge in [-0.1, -0.05) is 23.2 Å². The van der Waals surface area contributed by atoms with Crippen molar-refractivity contribution in [3.8, 4) is 0 Å². The lowest BCUT2D eigenvalue weighted by Gasteiger charge is -2.09. The van der Waals surface area contributed by atoms with Crippen LogP contribution < -0.4 is 5.32 Å². The van der Waals surface area contributed by atoms with Gasteiger partial charge in [-0.2, -0.15) is 0 Å². The molecule has 1 aromatic heterocycles. The summed E-state index contributed by atoms with van der Waals surface area (Å²) in [5.74, 6) is -5.49. The fraction of sp³-hybridized carbons (Fsp3) is 0.0769. The third kappa shape index (κ3) is 3.28. The number of nitrogens with one attached hydrogen (secondary N) is 1. The maximum atomic E-state index is 13.1. The first kappa shape index (κ1) is 15.6. The Balaban J connectivity index is 2.32. The van der Waals surface area contributed by atoms with E-state index >= 15 is 0 Å². The molecule has 0 saturated carbocycles. The van der Waals surface area contributed by atoms with Crippen molar-refractivity contribution in [2.45, 2.75) is 6.92 Å². The van der Waals surface area contributed by atoms with Gasteiger partial charge in [-0.05, 0) is 25.1 Å². The molecule has 0 aliphatic carbocycles. The van der Waals surface area contributed by atoms with Crippen molar-refractivity contribution in [2.24, 2.45) is 0 Å². The van der Waals surface area contributed by atoms with Crippen LogP contribution in [-0.4, -0.2) is 10.9 Å². The summed E-state index contributed by atoms with van der Waals surface area (Å²) in [6.07, 6.45) is 0. The molecule has 0 unspecified atom stereocenters. The number of nitrogens with zero attached hydrogens (tertiary/aromatic N) is 1. The van der Waals surface area contributed by atoms with Crippen LogP contribution in [-0.2, 0) is 0 Å². The minimum absolute atomic E-state index is 0.0197. The van der Waals surface area contributed by atoms with E-state index in [-0.39, 0.29) is 10.8 Å². The molecule has 0 radical (unpaired) electrons. The lowest BCUT2D eigenvalue weighted by molar-refractivity contribution is 0.102. The molecule has 3 nitrogen and oxygen atoms in total. The van der Waals surface area contributed by atoms with Crippen molar-refractivity contribution >= 4 is 34.9 Å². The number of halogens is 5. The van der Waals surface area contributed by atoms with Gasteiger partial charge in [0.1, 0.15) is 0 Å². The van der Waals surface area contributed by atoms with Crippen LogP contribution in [0.15, 0.2) is 18.2 Å². The SMILES string of the molecule is Cc1nc(NC(=O)c2cc(F)c(F)c(F)c2)c(Cl)cc1Cl. The highest BCUT2D eigenvalue weighted by Gasteiger charge is 2.17. The van der Waals surface area contributed by atoms with Crippen molar-refractivity contribution in [3.63, 3.8) is 0 Å². The van der Waals surface area contributed by atoms with E-state index in [9.17, 15) is 18.0 Å². The van der Waals surface area contributed by atoms with Crippen molar-refractivity contribution < 1.29 is 18.0 Å². The maximum absolute atomic E-state index is 13.1. The van der Waals surface area contributed by atoms with Gasteiger partial charge in [0, 0.05) is 5.56 Å². The van der Waals surface area contributed by atoms with Gasteiger partial charge in [0.05, 0.1) is 15.7 Å². The van der Waals surface area contributed by atoms with Gasteiger partial charge in [-0.25, -0.2) is 18.2 Å². The van der Waals surface area contributed by atoms with E-state index in [2.05, 4.69) is 10.3 Å². The summed E-state index contributed by atoms with van der Waals surface area (Å²) in [4.78, 5) is 15.8. The number of hydrogen-bond acceptors (Lipinski definition) is 2. The molecule has 8 heteroatoms. The lowest BCUT2D eigenvalue weighted by atomic mass is 10.2. The summed E-state index contributed by atoms with van der Waals surface area (Å²) >= 11 is 11.6. The molecule has 1 aromatic carbocycles. The van der Waals surface area contributed by atoms with Crippen LogP contribution >= 0.6 is 23.2 Å². The molecule has 0 bridgehead atoms. The normalized spacial score (nSPS) is 10.6. The Morgan fingerprint density at radius 3 is 2.24 bits per heavy atom. The van der Waals surface area contributed by atoms with Gasteiger partial charge in [-0.15, -0.1) is 0 Å². The molecule has 2 rings (SSSR count). The molecular weight excluding hydrogens is 328 g/mol. The Morgan fingerprint density at radius 1 is 1.10 bits per heavy atom. The number of aryl methyl sites for hydroxylation is 1. The summed E-state index contributed by atoms with van der Waals surface area (Å²) in [6.45, 7) is 1.59. The van der Waals surface area contributed by atoms with Crippen molar-refractivity contribution in [2.75, 3.05) is 5.32 Å². The van der Waals surface area contributed by atoms with Gasteiger partial charge >= 0.3 is 0 Å². The van der Waals surface area contributed by atoms with E-state index < -0.39 is 28.9 Å². The van der Waals surface area contributed by atoms with E-state index in [0.717, 1.165) is 0 Å². The van der Waals surface area contributed by atoms with Crippen molar-refractivity contribution in [3.05, 3.63) is 57.0 Å². The monoisotopic (exact) mass is 334 g/mol. The summed E-state index contributed by atoms with van der Waals surface area (Å²) in [6, 6.07) is 2.52. The quantitative estimate of drug-likeness (QED) is 0.829. The maximum Gasteiger partial charge on any atom is 0.257 e. The highest BCUT2D eigenvalue weighted by atomic mass is 35.5. The summed E-state index contributed by atoms with van der Waals surface area (Å²) in [7, 11) is 0. The third-order valence-corrected chi connectivity index (χ3v) is 3.25. The summed E-state index contributed by atoms with van der Waals surface area (Å²) in [5, 5.41) is 2.63. The van der Waals surface area contributed by atoms with E-state index in [0.29, 0.717) is 22.8 Å². The van der Waals surface area contributed by atoms with Gasteiger partial charge in [0.25, 0.3) is 5.91 Å². The first-order valence-electron chi connectivity index (χ1n) is 5.58. The fourth-order valence-corrected chi connectivity index (χ4v) is 1.92. The summed E-state index contributed by atoms with van der Waals surface area (Å²) < 4.78 is 39.0. The molecule has 0 fully saturated rings. The zero-order valence-electron chi connectivity index (χ0n) is 10.5. The lowest BCUT2D eigenvalue weighted by Crippen LogP contribution is -2.15. The molecule has 2 aromatic rings. The molecule has 0 aliphatic rings. The highest BCUT2D eigenvalue weighted by molar-refractivity contribution is 6.36. The van der Waals surface area contributed by atoms with Gasteiger partial charge in [0.15, 0.2) is 23.3 Å². The van der Waals surface area contributed by atoms with E-state index in [4.69, 9.17) is 23.2 Å². The predicted octanol–water partition coefficient (Wildman–Crippen LogP) is 4.37. The van der Waals surface area contributed by atoms with Crippen molar-refractivity contribution in [1.29, 1.82) is 0 Å². The minimum atomic E-state index is -1.65. The van der Waals surface area contributed by atoms with Crippen LogP contribution in [0.25, 0.3) is 0 Å². The van der Waals surface area contributed by atoms with Gasteiger partial charge in [-0.3, -0.25) is 4.79 Å². The first-order chi connectivity index (χ1) is 9.79. The molecule has 1 amide bonds. The molecule has 1 heterocycles. The van der Waals surface area contributed by atoms with Crippen LogP contribution in [0.4, 0.5) is 19.0 Å². The van der Waals surface area contributed by atoms with Gasteiger partial charge in [0.2, 0.25) is 0 Å². The summed E-state index contributed by atoms with van der Waals surface area (Å²) in [5.41, 5.74) is 0.00436. The van der Waals surface area contributed by atoms with Crippen molar-refractivity contribution in [1.82, 2.24) is 4.98 Å². The minimum Gasteiger partial charge on any atom is -0.305 e. The highest BCUT2D eigenvalue weighted by Crippen LogP contribution is 2.26. The number of pyridine rings is 1. The molecule has 0 saturated heterocycles. The number of benzene rings is 1. The van der Waals surface area contributed by atoms with Crippen LogP contribution in [0, 0.1) is 24.4 Å². The standard InChI is InChI=1S/C13H7Cl2F3N2O/c1-5-7(14)4-8(15)12(19-5)20-13(21)6-2-9(16)11(18)10(17)3-6/h2-4H,1H3,(H,19,20,21). The second-order valence-corrected chi connectivity index (χ2v) is 4.91. The van der Waals surface area contributed by atoms with Crippen LogP contribution in [0.3, 0.4) is 0 Å². The number of aromatic nitrogens is 1. The average molecular weight is 335 g/mol. The zero-order valence-corrected chi connectivity index (χ0v) is 12.0. The number of amides is 1. The number of hydrogen-bond donors (Lipinski definition) is 1. The Labute approximate surface area is 127 Å². The molecule has 1 N–H and O–H groups in total. The second-order valence-electron chi connectivity index (χ2n) is 4.09.